The summed E-state index contributed by atoms with van der Waals surface area (Å²) in [4.78, 5) is 10.7. The first-order valence-electron chi connectivity index (χ1n) is 6.00. The van der Waals surface area contributed by atoms with Gasteiger partial charge in [-0.25, -0.2) is 0 Å². The Morgan fingerprint density at radius 1 is 1.32 bits per heavy atom. The fourth-order valence-corrected chi connectivity index (χ4v) is 2.09. The van der Waals surface area contributed by atoms with Gasteiger partial charge in [0.2, 0.25) is 0 Å². The molecule has 0 saturated heterocycles. The standard InChI is InChI=1S/C13H18ClNO4/c1-5-10(14)8(2)9-6-12(18-3)13(19-4)7-11(9)15(16)17/h6-8,10H,5H2,1-4H3. The van der Waals surface area contributed by atoms with Crippen LogP contribution in [0.5, 0.6) is 11.5 Å². The molecule has 6 heteroatoms. The molecule has 0 N–H and O–H groups in total. The normalized spacial score (nSPS) is 13.7. The van der Waals surface area contributed by atoms with Crippen molar-refractivity contribution >= 4 is 17.3 Å². The molecular weight excluding hydrogens is 270 g/mol. The van der Waals surface area contributed by atoms with Crippen LogP contribution in [0.15, 0.2) is 12.1 Å². The minimum Gasteiger partial charge on any atom is -0.493 e. The van der Waals surface area contributed by atoms with Crippen molar-refractivity contribution in [1.29, 1.82) is 0 Å². The number of nitrogens with zero attached hydrogens (tertiary/aromatic N) is 1. The predicted molar refractivity (Wildman–Crippen MR) is 74.5 cm³/mol. The van der Waals surface area contributed by atoms with Gasteiger partial charge >= 0.3 is 0 Å². The fourth-order valence-electron chi connectivity index (χ4n) is 1.96. The van der Waals surface area contributed by atoms with E-state index in [1.165, 1.54) is 20.3 Å². The van der Waals surface area contributed by atoms with Gasteiger partial charge in [0.1, 0.15) is 0 Å². The van der Waals surface area contributed by atoms with E-state index in [1.807, 2.05) is 13.8 Å². The number of methoxy groups -OCH3 is 2. The van der Waals surface area contributed by atoms with E-state index in [2.05, 4.69) is 0 Å². The number of halogens is 1. The number of alkyl halides is 1. The van der Waals surface area contributed by atoms with E-state index in [0.29, 0.717) is 17.1 Å². The third-order valence-corrected chi connectivity index (χ3v) is 3.84. The number of nitro benzene ring substituents is 1. The van der Waals surface area contributed by atoms with Crippen LogP contribution in [0, 0.1) is 10.1 Å². The van der Waals surface area contributed by atoms with Crippen molar-refractivity contribution in [2.24, 2.45) is 0 Å². The van der Waals surface area contributed by atoms with Gasteiger partial charge in [0.15, 0.2) is 11.5 Å². The number of hydrogen-bond acceptors (Lipinski definition) is 4. The molecule has 0 amide bonds. The third-order valence-electron chi connectivity index (χ3n) is 3.15. The summed E-state index contributed by atoms with van der Waals surface area (Å²) in [6, 6.07) is 3.01. The molecule has 0 fully saturated rings. The minimum absolute atomic E-state index is 0.00394. The van der Waals surface area contributed by atoms with E-state index in [-0.39, 0.29) is 17.0 Å². The Morgan fingerprint density at radius 3 is 2.26 bits per heavy atom. The van der Waals surface area contributed by atoms with Crippen molar-refractivity contribution in [3.8, 4) is 11.5 Å². The number of hydrogen-bond donors (Lipinski definition) is 0. The minimum atomic E-state index is -0.424. The quantitative estimate of drug-likeness (QED) is 0.454. The molecule has 0 radical (unpaired) electrons. The second-order valence-electron chi connectivity index (χ2n) is 4.24. The maximum Gasteiger partial charge on any atom is 0.276 e. The van der Waals surface area contributed by atoms with Gasteiger partial charge in [-0.3, -0.25) is 10.1 Å². The van der Waals surface area contributed by atoms with Crippen LogP contribution in [0.4, 0.5) is 5.69 Å². The smallest absolute Gasteiger partial charge is 0.276 e. The summed E-state index contributed by atoms with van der Waals surface area (Å²) in [7, 11) is 2.94. The van der Waals surface area contributed by atoms with Gasteiger partial charge in [-0.2, -0.15) is 0 Å². The SMILES string of the molecule is CCC(Cl)C(C)c1cc(OC)c(OC)cc1[N+](=O)[O-]. The molecule has 0 aliphatic rings. The van der Waals surface area contributed by atoms with Gasteiger partial charge in [-0.15, -0.1) is 11.6 Å². The highest BCUT2D eigenvalue weighted by atomic mass is 35.5. The molecule has 0 bridgehead atoms. The second-order valence-corrected chi connectivity index (χ2v) is 4.80. The molecule has 0 aliphatic carbocycles. The summed E-state index contributed by atoms with van der Waals surface area (Å²) < 4.78 is 10.3. The van der Waals surface area contributed by atoms with Crippen LogP contribution in [0.3, 0.4) is 0 Å². The fraction of sp³-hybridized carbons (Fsp3) is 0.538. The van der Waals surface area contributed by atoms with E-state index in [1.54, 1.807) is 6.07 Å². The zero-order chi connectivity index (χ0) is 14.6. The lowest BCUT2D eigenvalue weighted by molar-refractivity contribution is -0.385. The van der Waals surface area contributed by atoms with Crippen LogP contribution in [-0.4, -0.2) is 24.5 Å². The maximum absolute atomic E-state index is 11.2. The predicted octanol–water partition coefficient (Wildman–Crippen LogP) is 3.73. The zero-order valence-electron chi connectivity index (χ0n) is 11.5. The highest BCUT2D eigenvalue weighted by Gasteiger charge is 2.26. The van der Waals surface area contributed by atoms with Gasteiger partial charge in [-0.1, -0.05) is 13.8 Å². The van der Waals surface area contributed by atoms with E-state index in [0.717, 1.165) is 6.42 Å². The van der Waals surface area contributed by atoms with Crippen molar-refractivity contribution in [2.45, 2.75) is 31.6 Å². The molecule has 2 unspecified atom stereocenters. The second kappa shape index (κ2) is 6.61. The molecule has 0 aliphatic heterocycles. The first-order chi connectivity index (χ1) is 8.96. The summed E-state index contributed by atoms with van der Waals surface area (Å²) in [5, 5.41) is 11.0. The Labute approximate surface area is 117 Å². The van der Waals surface area contributed by atoms with Crippen molar-refractivity contribution < 1.29 is 14.4 Å². The number of benzene rings is 1. The van der Waals surface area contributed by atoms with Gasteiger partial charge in [0.05, 0.1) is 25.2 Å². The lowest BCUT2D eigenvalue weighted by Crippen LogP contribution is -2.11. The van der Waals surface area contributed by atoms with Crippen molar-refractivity contribution in [2.75, 3.05) is 14.2 Å². The lowest BCUT2D eigenvalue weighted by atomic mass is 9.94. The summed E-state index contributed by atoms with van der Waals surface area (Å²) in [6.45, 7) is 3.82. The molecule has 1 aromatic rings. The summed E-state index contributed by atoms with van der Waals surface area (Å²) in [5.74, 6) is 0.662. The molecule has 1 aromatic carbocycles. The average molecular weight is 288 g/mol. The number of ether oxygens (including phenoxy) is 2. The molecule has 0 heterocycles. The summed E-state index contributed by atoms with van der Waals surface area (Å²) in [6.07, 6.45) is 0.730. The Kier molecular flexibility index (Phi) is 5.42. The van der Waals surface area contributed by atoms with E-state index in [9.17, 15) is 10.1 Å². The van der Waals surface area contributed by atoms with Crippen molar-refractivity contribution in [3.05, 3.63) is 27.8 Å². The molecule has 5 nitrogen and oxygen atoms in total. The van der Waals surface area contributed by atoms with Crippen LogP contribution >= 0.6 is 11.6 Å². The summed E-state index contributed by atoms with van der Waals surface area (Å²) >= 11 is 6.20. The Bertz CT molecular complexity index is 464. The molecule has 0 aromatic heterocycles. The van der Waals surface area contributed by atoms with Crippen LogP contribution < -0.4 is 9.47 Å². The van der Waals surface area contributed by atoms with E-state index in [4.69, 9.17) is 21.1 Å². The van der Waals surface area contributed by atoms with E-state index >= 15 is 0 Å². The maximum atomic E-state index is 11.2. The van der Waals surface area contributed by atoms with Crippen molar-refractivity contribution in [1.82, 2.24) is 0 Å². The largest absolute Gasteiger partial charge is 0.493 e. The Hall–Kier alpha value is -1.49. The van der Waals surface area contributed by atoms with Crippen LogP contribution in [-0.2, 0) is 0 Å². The van der Waals surface area contributed by atoms with Gasteiger partial charge < -0.3 is 9.47 Å². The number of nitro groups is 1. The first kappa shape index (κ1) is 15.6. The topological polar surface area (TPSA) is 61.6 Å². The Balaban J connectivity index is 3.39. The monoisotopic (exact) mass is 287 g/mol. The molecule has 0 spiro atoms. The molecule has 0 saturated carbocycles. The molecular formula is C13H18ClNO4. The van der Waals surface area contributed by atoms with Crippen molar-refractivity contribution in [3.63, 3.8) is 0 Å². The molecule has 1 rings (SSSR count). The lowest BCUT2D eigenvalue weighted by Gasteiger charge is -2.18. The molecule has 19 heavy (non-hydrogen) atoms. The van der Waals surface area contributed by atoms with Gasteiger partial charge in [0, 0.05) is 16.9 Å². The van der Waals surface area contributed by atoms with Gasteiger partial charge in [-0.05, 0) is 12.5 Å². The van der Waals surface area contributed by atoms with Crippen LogP contribution in [0.2, 0.25) is 0 Å². The van der Waals surface area contributed by atoms with Crippen LogP contribution in [0.25, 0.3) is 0 Å². The summed E-state index contributed by atoms with van der Waals surface area (Å²) in [5.41, 5.74) is 0.564. The third kappa shape index (κ3) is 3.29. The first-order valence-corrected chi connectivity index (χ1v) is 6.44. The van der Waals surface area contributed by atoms with Crippen LogP contribution in [0.1, 0.15) is 31.7 Å². The highest BCUT2D eigenvalue weighted by molar-refractivity contribution is 6.21. The molecule has 106 valence electrons. The number of rotatable bonds is 6. The van der Waals surface area contributed by atoms with E-state index < -0.39 is 4.92 Å². The molecule has 2 atom stereocenters. The highest BCUT2D eigenvalue weighted by Crippen LogP contribution is 2.40. The van der Waals surface area contributed by atoms with Gasteiger partial charge in [0.25, 0.3) is 5.69 Å². The Morgan fingerprint density at radius 2 is 1.84 bits per heavy atom. The average Bonchev–Trinajstić information content (AvgIpc) is 2.43. The zero-order valence-corrected chi connectivity index (χ0v) is 12.2.